The minimum atomic E-state index is 0.265. The summed E-state index contributed by atoms with van der Waals surface area (Å²) >= 11 is 0. The highest BCUT2D eigenvalue weighted by molar-refractivity contribution is 5.81. The van der Waals surface area contributed by atoms with Gasteiger partial charge < -0.3 is 15.5 Å². The summed E-state index contributed by atoms with van der Waals surface area (Å²) in [5.74, 6) is 1.45. The molecule has 2 N–H and O–H groups in total. The van der Waals surface area contributed by atoms with Gasteiger partial charge >= 0.3 is 0 Å². The SMILES string of the molecule is CN=C(NCCCc1cn(-c2ccccc2)nc1C)NC1CCN(C(=O)C2CCCC2)C1. The number of carbonyl (C=O) groups is 1. The molecule has 1 atom stereocenters. The summed E-state index contributed by atoms with van der Waals surface area (Å²) in [7, 11) is 1.81. The highest BCUT2D eigenvalue weighted by atomic mass is 16.2. The lowest BCUT2D eigenvalue weighted by molar-refractivity contribution is -0.134. The predicted molar refractivity (Wildman–Crippen MR) is 128 cm³/mol. The fourth-order valence-corrected chi connectivity index (χ4v) is 4.84. The first-order valence-corrected chi connectivity index (χ1v) is 12.0. The van der Waals surface area contributed by atoms with Gasteiger partial charge in [0.05, 0.1) is 11.4 Å². The Morgan fingerprint density at radius 2 is 1.97 bits per heavy atom. The van der Waals surface area contributed by atoms with Crippen LogP contribution in [0.1, 0.15) is 49.8 Å². The number of guanidine groups is 1. The third-order valence-electron chi connectivity index (χ3n) is 6.71. The monoisotopic (exact) mass is 436 g/mol. The number of nitrogens with zero attached hydrogens (tertiary/aromatic N) is 4. The van der Waals surface area contributed by atoms with Crippen LogP contribution >= 0.6 is 0 Å². The molecule has 0 bridgehead atoms. The Balaban J connectivity index is 1.19. The Bertz CT molecular complexity index is 916. The lowest BCUT2D eigenvalue weighted by Crippen LogP contribution is -2.45. The highest BCUT2D eigenvalue weighted by Crippen LogP contribution is 2.27. The van der Waals surface area contributed by atoms with E-state index < -0.39 is 0 Å². The summed E-state index contributed by atoms with van der Waals surface area (Å²) in [4.78, 5) is 19.1. The number of likely N-dealkylation sites (tertiary alicyclic amines) is 1. The van der Waals surface area contributed by atoms with Gasteiger partial charge in [-0.15, -0.1) is 0 Å². The van der Waals surface area contributed by atoms with Crippen molar-refractivity contribution in [2.45, 2.75) is 57.9 Å². The van der Waals surface area contributed by atoms with E-state index in [4.69, 9.17) is 0 Å². The van der Waals surface area contributed by atoms with Gasteiger partial charge in [-0.05, 0) is 56.7 Å². The Morgan fingerprint density at radius 3 is 2.72 bits per heavy atom. The van der Waals surface area contributed by atoms with Crippen molar-refractivity contribution in [3.63, 3.8) is 0 Å². The number of hydrogen-bond acceptors (Lipinski definition) is 3. The number of amides is 1. The van der Waals surface area contributed by atoms with Gasteiger partial charge in [0, 0.05) is 44.8 Å². The summed E-state index contributed by atoms with van der Waals surface area (Å²) in [6.07, 6.45) is 9.63. The smallest absolute Gasteiger partial charge is 0.225 e. The van der Waals surface area contributed by atoms with Crippen LogP contribution in [0.2, 0.25) is 0 Å². The molecule has 1 aliphatic heterocycles. The number of aryl methyl sites for hydroxylation is 2. The second kappa shape index (κ2) is 10.7. The minimum absolute atomic E-state index is 0.265. The fourth-order valence-electron chi connectivity index (χ4n) is 4.84. The molecule has 1 saturated carbocycles. The van der Waals surface area contributed by atoms with E-state index in [1.165, 1.54) is 18.4 Å². The highest BCUT2D eigenvalue weighted by Gasteiger charge is 2.32. The molecule has 1 aromatic carbocycles. The second-order valence-electron chi connectivity index (χ2n) is 9.02. The topological polar surface area (TPSA) is 74.6 Å². The van der Waals surface area contributed by atoms with Gasteiger partial charge in [0.1, 0.15) is 0 Å². The van der Waals surface area contributed by atoms with Gasteiger partial charge in [0.15, 0.2) is 5.96 Å². The van der Waals surface area contributed by atoms with Gasteiger partial charge in [0.2, 0.25) is 5.91 Å². The molecule has 1 aromatic heterocycles. The van der Waals surface area contributed by atoms with E-state index in [1.54, 1.807) is 7.05 Å². The summed E-state index contributed by atoms with van der Waals surface area (Å²) < 4.78 is 1.96. The molecule has 4 rings (SSSR count). The third kappa shape index (κ3) is 5.50. The Labute approximate surface area is 191 Å². The van der Waals surface area contributed by atoms with Crippen LogP contribution in [0.5, 0.6) is 0 Å². The Kier molecular flexibility index (Phi) is 7.45. The molecule has 2 fully saturated rings. The van der Waals surface area contributed by atoms with E-state index in [9.17, 15) is 4.79 Å². The van der Waals surface area contributed by atoms with Crippen molar-refractivity contribution < 1.29 is 4.79 Å². The van der Waals surface area contributed by atoms with Gasteiger partial charge in [-0.1, -0.05) is 31.0 Å². The summed E-state index contributed by atoms with van der Waals surface area (Å²) in [6, 6.07) is 10.5. The largest absolute Gasteiger partial charge is 0.356 e. The number of rotatable bonds is 7. The van der Waals surface area contributed by atoms with Crippen molar-refractivity contribution in [2.75, 3.05) is 26.7 Å². The zero-order valence-corrected chi connectivity index (χ0v) is 19.4. The number of aliphatic imine (C=N–C) groups is 1. The standard InChI is InChI=1S/C25H36N6O/c1-19-21(17-31(29-19)23-12-4-3-5-13-23)11-8-15-27-25(26-2)28-22-14-16-30(18-22)24(32)20-9-6-7-10-20/h3-5,12-13,17,20,22H,6-11,14-16,18H2,1-2H3,(H2,26,27,28). The average molecular weight is 437 g/mol. The van der Waals surface area contributed by atoms with Crippen LogP contribution in [0.4, 0.5) is 0 Å². The lowest BCUT2D eigenvalue weighted by Gasteiger charge is -2.21. The van der Waals surface area contributed by atoms with E-state index in [-0.39, 0.29) is 12.0 Å². The number of carbonyl (C=O) groups excluding carboxylic acids is 1. The summed E-state index contributed by atoms with van der Waals surface area (Å²) in [5.41, 5.74) is 3.44. The first-order chi connectivity index (χ1) is 15.6. The van der Waals surface area contributed by atoms with Crippen molar-refractivity contribution in [1.29, 1.82) is 0 Å². The molecule has 1 aliphatic carbocycles. The van der Waals surface area contributed by atoms with Crippen molar-refractivity contribution in [2.24, 2.45) is 10.9 Å². The molecule has 32 heavy (non-hydrogen) atoms. The van der Waals surface area contributed by atoms with Crippen LogP contribution in [-0.2, 0) is 11.2 Å². The molecule has 172 valence electrons. The number of benzene rings is 1. The molecule has 1 saturated heterocycles. The molecule has 1 amide bonds. The van der Waals surface area contributed by atoms with Crippen LogP contribution in [-0.4, -0.2) is 59.3 Å². The first-order valence-electron chi connectivity index (χ1n) is 12.0. The summed E-state index contributed by atoms with van der Waals surface area (Å²) in [5, 5.41) is 11.6. The lowest BCUT2D eigenvalue weighted by atomic mass is 10.1. The molecule has 0 spiro atoms. The van der Waals surface area contributed by atoms with Crippen LogP contribution in [0.3, 0.4) is 0 Å². The maximum absolute atomic E-state index is 12.7. The van der Waals surface area contributed by atoms with E-state index in [2.05, 4.69) is 46.0 Å². The van der Waals surface area contributed by atoms with Crippen LogP contribution in [0.15, 0.2) is 41.5 Å². The molecule has 2 aromatic rings. The molecular formula is C25H36N6O. The zero-order chi connectivity index (χ0) is 22.3. The predicted octanol–water partition coefficient (Wildman–Crippen LogP) is 3.07. The maximum atomic E-state index is 12.7. The normalized spacial score (nSPS) is 19.5. The van der Waals surface area contributed by atoms with Crippen LogP contribution in [0, 0.1) is 12.8 Å². The van der Waals surface area contributed by atoms with E-state index >= 15 is 0 Å². The average Bonchev–Trinajstić information content (AvgIpc) is 3.58. The summed E-state index contributed by atoms with van der Waals surface area (Å²) in [6.45, 7) is 4.55. The van der Waals surface area contributed by atoms with E-state index in [1.807, 2.05) is 27.8 Å². The second-order valence-corrected chi connectivity index (χ2v) is 9.02. The van der Waals surface area contributed by atoms with Gasteiger partial charge in [-0.2, -0.15) is 5.10 Å². The molecule has 7 nitrogen and oxygen atoms in total. The van der Waals surface area contributed by atoms with Gasteiger partial charge in [0.25, 0.3) is 0 Å². The molecule has 1 unspecified atom stereocenters. The Hall–Kier alpha value is -2.83. The van der Waals surface area contributed by atoms with Crippen LogP contribution < -0.4 is 10.6 Å². The minimum Gasteiger partial charge on any atom is -0.356 e. The Morgan fingerprint density at radius 1 is 1.19 bits per heavy atom. The van der Waals surface area contributed by atoms with Gasteiger partial charge in [-0.25, -0.2) is 4.68 Å². The third-order valence-corrected chi connectivity index (χ3v) is 6.71. The molecule has 0 radical (unpaired) electrons. The van der Waals surface area contributed by atoms with Crippen molar-refractivity contribution in [1.82, 2.24) is 25.3 Å². The first kappa shape index (κ1) is 22.4. The number of para-hydroxylation sites is 1. The van der Waals surface area contributed by atoms with Crippen molar-refractivity contribution >= 4 is 11.9 Å². The fraction of sp³-hybridized carbons (Fsp3) is 0.560. The van der Waals surface area contributed by atoms with Crippen LogP contribution in [0.25, 0.3) is 5.69 Å². The molecule has 2 aliphatic rings. The quantitative estimate of drug-likeness (QED) is 0.397. The maximum Gasteiger partial charge on any atom is 0.225 e. The number of nitrogens with one attached hydrogen (secondary N) is 2. The van der Waals surface area contributed by atoms with Crippen molar-refractivity contribution in [3.8, 4) is 5.69 Å². The zero-order valence-electron chi connectivity index (χ0n) is 19.4. The molecular weight excluding hydrogens is 400 g/mol. The number of aromatic nitrogens is 2. The number of hydrogen-bond donors (Lipinski definition) is 2. The van der Waals surface area contributed by atoms with Gasteiger partial charge in [-0.3, -0.25) is 9.79 Å². The molecule has 7 heteroatoms. The molecule has 2 heterocycles. The van der Waals surface area contributed by atoms with E-state index in [0.717, 1.165) is 69.1 Å². The van der Waals surface area contributed by atoms with E-state index in [0.29, 0.717) is 5.91 Å². The van der Waals surface area contributed by atoms with Crippen molar-refractivity contribution in [3.05, 3.63) is 47.8 Å².